The molecule has 1 heterocycles. The van der Waals surface area contributed by atoms with Crippen molar-refractivity contribution in [3.05, 3.63) is 0 Å². The van der Waals surface area contributed by atoms with Crippen LogP contribution in [0, 0.1) is 0 Å². The standard InChI is InChI=1S/C10H18BrNO2/c1-8(11)4-2-6-12-10(13)9-5-3-7-14-9/h8-9H,2-7H2,1H3,(H,12,13). The molecule has 0 aromatic heterocycles. The van der Waals surface area contributed by atoms with Crippen molar-refractivity contribution >= 4 is 21.8 Å². The molecule has 1 rings (SSSR count). The minimum Gasteiger partial charge on any atom is -0.368 e. The number of rotatable bonds is 5. The molecule has 1 fully saturated rings. The third kappa shape index (κ3) is 4.42. The molecule has 0 bridgehead atoms. The Morgan fingerprint density at radius 1 is 1.71 bits per heavy atom. The number of ether oxygens (including phenoxy) is 1. The second-order valence-electron chi connectivity index (χ2n) is 3.72. The number of hydrogen-bond acceptors (Lipinski definition) is 2. The fourth-order valence-corrected chi connectivity index (χ4v) is 1.82. The van der Waals surface area contributed by atoms with Crippen molar-refractivity contribution in [3.63, 3.8) is 0 Å². The van der Waals surface area contributed by atoms with Crippen LogP contribution in [-0.4, -0.2) is 30.0 Å². The number of alkyl halides is 1. The molecule has 1 aliphatic rings. The van der Waals surface area contributed by atoms with E-state index in [0.717, 1.165) is 38.8 Å². The van der Waals surface area contributed by atoms with Crippen molar-refractivity contribution in [2.45, 2.75) is 43.5 Å². The van der Waals surface area contributed by atoms with Crippen molar-refractivity contribution in [1.29, 1.82) is 0 Å². The zero-order valence-corrected chi connectivity index (χ0v) is 10.2. The third-order valence-electron chi connectivity index (χ3n) is 2.30. The van der Waals surface area contributed by atoms with Gasteiger partial charge in [0.2, 0.25) is 5.91 Å². The molecule has 0 radical (unpaired) electrons. The molecule has 14 heavy (non-hydrogen) atoms. The van der Waals surface area contributed by atoms with Crippen molar-refractivity contribution in [2.24, 2.45) is 0 Å². The molecule has 0 aliphatic carbocycles. The summed E-state index contributed by atoms with van der Waals surface area (Å²) in [5.41, 5.74) is 0. The van der Waals surface area contributed by atoms with E-state index < -0.39 is 0 Å². The average Bonchev–Trinajstić information content (AvgIpc) is 2.64. The molecule has 1 saturated heterocycles. The van der Waals surface area contributed by atoms with Gasteiger partial charge in [-0.2, -0.15) is 0 Å². The highest BCUT2D eigenvalue weighted by atomic mass is 79.9. The molecule has 0 saturated carbocycles. The van der Waals surface area contributed by atoms with Crippen LogP contribution in [0.3, 0.4) is 0 Å². The van der Waals surface area contributed by atoms with Gasteiger partial charge in [-0.25, -0.2) is 0 Å². The van der Waals surface area contributed by atoms with Gasteiger partial charge >= 0.3 is 0 Å². The lowest BCUT2D eigenvalue weighted by atomic mass is 10.2. The fraction of sp³-hybridized carbons (Fsp3) is 0.900. The van der Waals surface area contributed by atoms with Gasteiger partial charge < -0.3 is 10.1 Å². The van der Waals surface area contributed by atoms with E-state index in [0.29, 0.717) is 4.83 Å². The summed E-state index contributed by atoms with van der Waals surface area (Å²) >= 11 is 3.47. The summed E-state index contributed by atoms with van der Waals surface area (Å²) in [5, 5.41) is 2.90. The van der Waals surface area contributed by atoms with E-state index in [1.165, 1.54) is 0 Å². The highest BCUT2D eigenvalue weighted by Gasteiger charge is 2.22. The van der Waals surface area contributed by atoms with Gasteiger partial charge in [0.15, 0.2) is 0 Å². The van der Waals surface area contributed by atoms with Crippen LogP contribution >= 0.6 is 15.9 Å². The Hall–Kier alpha value is -0.0900. The van der Waals surface area contributed by atoms with Crippen LogP contribution in [0.4, 0.5) is 0 Å². The topological polar surface area (TPSA) is 38.3 Å². The molecule has 1 aliphatic heterocycles. The maximum Gasteiger partial charge on any atom is 0.249 e. The summed E-state index contributed by atoms with van der Waals surface area (Å²) in [5.74, 6) is 0.0599. The van der Waals surface area contributed by atoms with Crippen LogP contribution in [-0.2, 0) is 9.53 Å². The molecule has 4 heteroatoms. The second-order valence-corrected chi connectivity index (χ2v) is 5.28. The number of nitrogens with one attached hydrogen (secondary N) is 1. The van der Waals surface area contributed by atoms with Crippen LogP contribution in [0.2, 0.25) is 0 Å². The summed E-state index contributed by atoms with van der Waals surface area (Å²) in [6.07, 6.45) is 3.81. The van der Waals surface area contributed by atoms with Crippen LogP contribution in [0.5, 0.6) is 0 Å². The Morgan fingerprint density at radius 3 is 3.07 bits per heavy atom. The quantitative estimate of drug-likeness (QED) is 0.608. The highest BCUT2D eigenvalue weighted by Crippen LogP contribution is 2.11. The Labute approximate surface area is 93.7 Å². The second kappa shape index (κ2) is 6.40. The number of halogens is 1. The zero-order valence-electron chi connectivity index (χ0n) is 8.59. The molecule has 1 N–H and O–H groups in total. The number of carbonyl (C=O) groups excluding carboxylic acids is 1. The molecular weight excluding hydrogens is 246 g/mol. The van der Waals surface area contributed by atoms with E-state index in [1.54, 1.807) is 0 Å². The molecule has 2 atom stereocenters. The summed E-state index contributed by atoms with van der Waals surface area (Å²) in [7, 11) is 0. The monoisotopic (exact) mass is 263 g/mol. The fourth-order valence-electron chi connectivity index (χ4n) is 1.49. The predicted molar refractivity (Wildman–Crippen MR) is 59.6 cm³/mol. The van der Waals surface area contributed by atoms with Crippen LogP contribution in [0.1, 0.15) is 32.6 Å². The molecule has 1 amide bonds. The van der Waals surface area contributed by atoms with Gasteiger partial charge in [0.25, 0.3) is 0 Å². The summed E-state index contributed by atoms with van der Waals surface area (Å²) in [6.45, 7) is 3.60. The SMILES string of the molecule is CC(Br)CCCNC(=O)C1CCCO1. The van der Waals surface area contributed by atoms with Gasteiger partial charge in [-0.1, -0.05) is 22.9 Å². The van der Waals surface area contributed by atoms with Gasteiger partial charge in [-0.3, -0.25) is 4.79 Å². The van der Waals surface area contributed by atoms with Crippen LogP contribution in [0.15, 0.2) is 0 Å². The van der Waals surface area contributed by atoms with Gasteiger partial charge in [0.05, 0.1) is 0 Å². The van der Waals surface area contributed by atoms with Crippen molar-refractivity contribution in [1.82, 2.24) is 5.32 Å². The first-order valence-corrected chi connectivity index (χ1v) is 6.15. The molecule has 0 aromatic carbocycles. The minimum absolute atomic E-state index is 0.0599. The van der Waals surface area contributed by atoms with Crippen molar-refractivity contribution in [3.8, 4) is 0 Å². The van der Waals surface area contributed by atoms with Crippen molar-refractivity contribution in [2.75, 3.05) is 13.2 Å². The van der Waals surface area contributed by atoms with E-state index in [-0.39, 0.29) is 12.0 Å². The van der Waals surface area contributed by atoms with Gasteiger partial charge in [-0.15, -0.1) is 0 Å². The number of hydrogen-bond donors (Lipinski definition) is 1. The first-order chi connectivity index (χ1) is 6.70. The Bertz CT molecular complexity index is 179. The van der Waals surface area contributed by atoms with Gasteiger partial charge in [0, 0.05) is 18.0 Å². The van der Waals surface area contributed by atoms with E-state index in [2.05, 4.69) is 28.2 Å². The summed E-state index contributed by atoms with van der Waals surface area (Å²) in [4.78, 5) is 12.0. The minimum atomic E-state index is -0.184. The molecule has 82 valence electrons. The smallest absolute Gasteiger partial charge is 0.249 e. The summed E-state index contributed by atoms with van der Waals surface area (Å²) < 4.78 is 5.27. The largest absolute Gasteiger partial charge is 0.368 e. The lowest BCUT2D eigenvalue weighted by Gasteiger charge is -2.10. The predicted octanol–water partition coefficient (Wildman–Crippen LogP) is 1.85. The lowest BCUT2D eigenvalue weighted by Crippen LogP contribution is -2.34. The average molecular weight is 264 g/mol. The van der Waals surface area contributed by atoms with E-state index in [4.69, 9.17) is 4.74 Å². The molecular formula is C10H18BrNO2. The van der Waals surface area contributed by atoms with E-state index in [1.807, 2.05) is 0 Å². The van der Waals surface area contributed by atoms with Gasteiger partial charge in [-0.05, 0) is 25.7 Å². The lowest BCUT2D eigenvalue weighted by molar-refractivity contribution is -0.130. The maximum atomic E-state index is 11.4. The molecule has 3 nitrogen and oxygen atoms in total. The van der Waals surface area contributed by atoms with Gasteiger partial charge in [0.1, 0.15) is 6.10 Å². The molecule has 0 aromatic rings. The Balaban J connectivity index is 2.03. The normalized spacial score (nSPS) is 23.4. The number of amides is 1. The third-order valence-corrected chi connectivity index (χ3v) is 2.76. The first-order valence-electron chi connectivity index (χ1n) is 5.23. The first kappa shape index (κ1) is 12.0. The number of carbonyl (C=O) groups is 1. The van der Waals surface area contributed by atoms with Crippen molar-refractivity contribution < 1.29 is 9.53 Å². The highest BCUT2D eigenvalue weighted by molar-refractivity contribution is 9.09. The maximum absolute atomic E-state index is 11.4. The van der Waals surface area contributed by atoms with E-state index >= 15 is 0 Å². The summed E-state index contributed by atoms with van der Waals surface area (Å²) in [6, 6.07) is 0. The molecule has 0 spiro atoms. The van der Waals surface area contributed by atoms with Crippen LogP contribution < -0.4 is 5.32 Å². The molecule has 2 unspecified atom stereocenters. The zero-order chi connectivity index (χ0) is 10.4. The Morgan fingerprint density at radius 2 is 2.50 bits per heavy atom. The van der Waals surface area contributed by atoms with E-state index in [9.17, 15) is 4.79 Å². The Kier molecular flexibility index (Phi) is 5.48. The van der Waals surface area contributed by atoms with Crippen LogP contribution in [0.25, 0.3) is 0 Å².